The monoisotopic (exact) mass is 380 g/mol. The SMILES string of the molecule is CC[C@@H](C)NC(=O)[C@@H](C)N(Cc1ccc(C)cc1)C(=O)Cc1ccccc1C. The van der Waals surface area contributed by atoms with Crippen LogP contribution < -0.4 is 5.32 Å². The summed E-state index contributed by atoms with van der Waals surface area (Å²) in [6, 6.07) is 15.5. The predicted octanol–water partition coefficient (Wildman–Crippen LogP) is 4.18. The molecule has 0 saturated carbocycles. The molecule has 2 amide bonds. The number of nitrogens with zero attached hydrogens (tertiary/aromatic N) is 1. The van der Waals surface area contributed by atoms with Crippen LogP contribution in [0.15, 0.2) is 48.5 Å². The first-order valence-electron chi connectivity index (χ1n) is 10.0. The van der Waals surface area contributed by atoms with E-state index in [1.807, 2.05) is 83.1 Å². The molecular formula is C24H32N2O2. The maximum absolute atomic E-state index is 13.2. The van der Waals surface area contributed by atoms with E-state index < -0.39 is 6.04 Å². The Labute approximate surface area is 169 Å². The summed E-state index contributed by atoms with van der Waals surface area (Å²) < 4.78 is 0. The van der Waals surface area contributed by atoms with Crippen molar-refractivity contribution in [2.75, 3.05) is 0 Å². The average Bonchev–Trinajstić information content (AvgIpc) is 2.68. The molecule has 0 aromatic heterocycles. The van der Waals surface area contributed by atoms with E-state index in [-0.39, 0.29) is 17.9 Å². The summed E-state index contributed by atoms with van der Waals surface area (Å²) in [5.41, 5.74) is 4.27. The summed E-state index contributed by atoms with van der Waals surface area (Å²) in [5.74, 6) is -0.152. The van der Waals surface area contributed by atoms with Gasteiger partial charge in [0.1, 0.15) is 6.04 Å². The minimum absolute atomic E-state index is 0.0401. The van der Waals surface area contributed by atoms with E-state index >= 15 is 0 Å². The predicted molar refractivity (Wildman–Crippen MR) is 114 cm³/mol. The Balaban J connectivity index is 2.23. The Kier molecular flexibility index (Phi) is 7.80. The Hall–Kier alpha value is -2.62. The summed E-state index contributed by atoms with van der Waals surface area (Å²) >= 11 is 0. The fraction of sp³-hybridized carbons (Fsp3) is 0.417. The van der Waals surface area contributed by atoms with Crippen molar-refractivity contribution in [3.05, 3.63) is 70.8 Å². The Bertz CT molecular complexity index is 799. The molecule has 4 heteroatoms. The highest BCUT2D eigenvalue weighted by Gasteiger charge is 2.27. The molecule has 1 N–H and O–H groups in total. The summed E-state index contributed by atoms with van der Waals surface area (Å²) in [6.45, 7) is 10.3. The first kappa shape index (κ1) is 21.7. The van der Waals surface area contributed by atoms with Crippen LogP contribution in [0.4, 0.5) is 0 Å². The smallest absolute Gasteiger partial charge is 0.242 e. The van der Waals surface area contributed by atoms with E-state index in [0.29, 0.717) is 13.0 Å². The summed E-state index contributed by atoms with van der Waals surface area (Å²) in [4.78, 5) is 27.6. The number of benzene rings is 2. The molecule has 0 spiro atoms. The molecule has 0 unspecified atom stereocenters. The van der Waals surface area contributed by atoms with E-state index in [4.69, 9.17) is 0 Å². The third kappa shape index (κ3) is 5.95. The molecule has 2 atom stereocenters. The molecule has 28 heavy (non-hydrogen) atoms. The van der Waals surface area contributed by atoms with Gasteiger partial charge in [0.2, 0.25) is 11.8 Å². The van der Waals surface area contributed by atoms with Crippen molar-refractivity contribution in [3.63, 3.8) is 0 Å². The maximum atomic E-state index is 13.2. The van der Waals surface area contributed by atoms with Gasteiger partial charge in [-0.05, 0) is 50.8 Å². The lowest BCUT2D eigenvalue weighted by atomic mass is 10.0. The first-order valence-corrected chi connectivity index (χ1v) is 10.0. The number of hydrogen-bond acceptors (Lipinski definition) is 2. The second-order valence-electron chi connectivity index (χ2n) is 7.60. The standard InChI is InChI=1S/C24H32N2O2/c1-6-19(4)25-24(28)20(5)26(16-21-13-11-17(2)12-14-21)23(27)15-22-10-8-7-9-18(22)3/h7-14,19-20H,6,15-16H2,1-5H3,(H,25,28)/t19-,20-/m1/s1. The molecule has 0 fully saturated rings. The van der Waals surface area contributed by atoms with Crippen LogP contribution in [0.5, 0.6) is 0 Å². The summed E-state index contributed by atoms with van der Waals surface area (Å²) in [6.07, 6.45) is 1.15. The molecule has 2 aromatic carbocycles. The van der Waals surface area contributed by atoms with Crippen LogP contribution in [0.3, 0.4) is 0 Å². The van der Waals surface area contributed by atoms with E-state index in [2.05, 4.69) is 5.32 Å². The Morgan fingerprint density at radius 2 is 1.64 bits per heavy atom. The van der Waals surface area contributed by atoms with Gasteiger partial charge in [0.15, 0.2) is 0 Å². The van der Waals surface area contributed by atoms with Crippen molar-refractivity contribution >= 4 is 11.8 Å². The molecule has 2 aromatic rings. The summed E-state index contributed by atoms with van der Waals surface area (Å²) in [5, 5.41) is 3.00. The fourth-order valence-corrected chi connectivity index (χ4v) is 3.01. The molecule has 0 aliphatic rings. The number of aryl methyl sites for hydroxylation is 2. The molecule has 0 aliphatic carbocycles. The number of hydrogen-bond donors (Lipinski definition) is 1. The van der Waals surface area contributed by atoms with Crippen molar-refractivity contribution in [3.8, 4) is 0 Å². The average molecular weight is 381 g/mol. The van der Waals surface area contributed by atoms with E-state index in [9.17, 15) is 9.59 Å². The van der Waals surface area contributed by atoms with Crippen molar-refractivity contribution < 1.29 is 9.59 Å². The lowest BCUT2D eigenvalue weighted by Gasteiger charge is -2.30. The Morgan fingerprint density at radius 3 is 2.25 bits per heavy atom. The number of carbonyl (C=O) groups excluding carboxylic acids is 2. The van der Waals surface area contributed by atoms with Crippen molar-refractivity contribution in [2.24, 2.45) is 0 Å². The third-order valence-electron chi connectivity index (χ3n) is 5.24. The number of nitrogens with one attached hydrogen (secondary N) is 1. The lowest BCUT2D eigenvalue weighted by Crippen LogP contribution is -2.49. The molecule has 4 nitrogen and oxygen atoms in total. The van der Waals surface area contributed by atoms with Crippen molar-refractivity contribution in [1.29, 1.82) is 0 Å². The van der Waals surface area contributed by atoms with Gasteiger partial charge >= 0.3 is 0 Å². The van der Waals surface area contributed by atoms with Gasteiger partial charge in [0.05, 0.1) is 6.42 Å². The van der Waals surface area contributed by atoms with Crippen LogP contribution in [-0.4, -0.2) is 28.8 Å². The van der Waals surface area contributed by atoms with Gasteiger partial charge in [0.25, 0.3) is 0 Å². The van der Waals surface area contributed by atoms with Gasteiger partial charge in [-0.25, -0.2) is 0 Å². The fourth-order valence-electron chi connectivity index (χ4n) is 3.01. The molecule has 150 valence electrons. The van der Waals surface area contributed by atoms with Gasteiger partial charge in [-0.3, -0.25) is 9.59 Å². The van der Waals surface area contributed by atoms with Gasteiger partial charge < -0.3 is 10.2 Å². The lowest BCUT2D eigenvalue weighted by molar-refractivity contribution is -0.140. The van der Waals surface area contributed by atoms with E-state index in [0.717, 1.165) is 23.1 Å². The van der Waals surface area contributed by atoms with Crippen LogP contribution in [0.2, 0.25) is 0 Å². The highest BCUT2D eigenvalue weighted by atomic mass is 16.2. The highest BCUT2D eigenvalue weighted by molar-refractivity contribution is 5.88. The zero-order valence-corrected chi connectivity index (χ0v) is 17.7. The van der Waals surface area contributed by atoms with Crippen molar-refractivity contribution in [2.45, 2.75) is 66.1 Å². The quantitative estimate of drug-likeness (QED) is 0.747. The number of amides is 2. The highest BCUT2D eigenvalue weighted by Crippen LogP contribution is 2.15. The molecule has 0 aliphatic heterocycles. The zero-order valence-electron chi connectivity index (χ0n) is 17.7. The van der Waals surface area contributed by atoms with Crippen molar-refractivity contribution in [1.82, 2.24) is 10.2 Å². The molecule has 2 rings (SSSR count). The zero-order chi connectivity index (χ0) is 20.7. The Morgan fingerprint density at radius 1 is 1.00 bits per heavy atom. The number of carbonyl (C=O) groups is 2. The third-order valence-corrected chi connectivity index (χ3v) is 5.24. The molecule has 0 heterocycles. The van der Waals surface area contributed by atoms with Crippen LogP contribution in [0.1, 0.15) is 49.4 Å². The molecule has 0 saturated heterocycles. The van der Waals surface area contributed by atoms with Gasteiger partial charge in [-0.1, -0.05) is 61.0 Å². The summed E-state index contributed by atoms with van der Waals surface area (Å²) in [7, 11) is 0. The molecule has 0 radical (unpaired) electrons. The second-order valence-corrected chi connectivity index (χ2v) is 7.60. The largest absolute Gasteiger partial charge is 0.352 e. The van der Waals surface area contributed by atoms with E-state index in [1.54, 1.807) is 4.90 Å². The van der Waals surface area contributed by atoms with Crippen LogP contribution >= 0.6 is 0 Å². The van der Waals surface area contributed by atoms with Gasteiger partial charge in [-0.15, -0.1) is 0 Å². The normalized spacial score (nSPS) is 12.9. The van der Waals surface area contributed by atoms with Crippen LogP contribution in [-0.2, 0) is 22.6 Å². The minimum atomic E-state index is -0.535. The number of rotatable bonds is 8. The van der Waals surface area contributed by atoms with Gasteiger partial charge in [0, 0.05) is 12.6 Å². The maximum Gasteiger partial charge on any atom is 0.242 e. The van der Waals surface area contributed by atoms with Crippen LogP contribution in [0.25, 0.3) is 0 Å². The van der Waals surface area contributed by atoms with E-state index in [1.165, 1.54) is 5.56 Å². The molecule has 0 bridgehead atoms. The first-order chi connectivity index (χ1) is 13.3. The second kappa shape index (κ2) is 10.1. The minimum Gasteiger partial charge on any atom is -0.352 e. The van der Waals surface area contributed by atoms with Crippen LogP contribution in [0, 0.1) is 13.8 Å². The topological polar surface area (TPSA) is 49.4 Å². The van der Waals surface area contributed by atoms with Gasteiger partial charge in [-0.2, -0.15) is 0 Å². The molecular weight excluding hydrogens is 348 g/mol.